The summed E-state index contributed by atoms with van der Waals surface area (Å²) in [4.78, 5) is 25.6. The van der Waals surface area contributed by atoms with E-state index in [-0.39, 0.29) is 18.9 Å². The molecule has 74 valence electrons. The van der Waals surface area contributed by atoms with Gasteiger partial charge in [-0.15, -0.1) is 0 Å². The van der Waals surface area contributed by atoms with Gasteiger partial charge in [0.1, 0.15) is 12.9 Å². The Labute approximate surface area is 81.0 Å². The van der Waals surface area contributed by atoms with E-state index in [1.54, 1.807) is 0 Å². The topological polar surface area (TPSA) is 61.2 Å². The van der Waals surface area contributed by atoms with Gasteiger partial charge >= 0.3 is 5.97 Å². The Balaban J connectivity index is 2.29. The van der Waals surface area contributed by atoms with Gasteiger partial charge in [-0.1, -0.05) is 6.58 Å². The molecule has 5 nitrogen and oxygen atoms in total. The third kappa shape index (κ3) is 2.85. The molecule has 0 aliphatic carbocycles. The fraction of sp³-hybridized carbons (Fsp3) is 0.222. The third-order valence-corrected chi connectivity index (χ3v) is 1.52. The van der Waals surface area contributed by atoms with Gasteiger partial charge < -0.3 is 4.74 Å². The summed E-state index contributed by atoms with van der Waals surface area (Å²) in [5, 5.41) is 0. The average molecular weight is 194 g/mol. The van der Waals surface area contributed by atoms with Gasteiger partial charge in [0.05, 0.1) is 6.42 Å². The summed E-state index contributed by atoms with van der Waals surface area (Å²) in [6, 6.07) is 0. The Morgan fingerprint density at radius 2 is 2.36 bits per heavy atom. The number of hydrogen-bond donors (Lipinski definition) is 0. The summed E-state index contributed by atoms with van der Waals surface area (Å²) in [6.07, 6.45) is 5.64. The molecule has 0 unspecified atom stereocenters. The highest BCUT2D eigenvalue weighted by molar-refractivity contribution is 5.82. The molecule has 1 aromatic heterocycles. The van der Waals surface area contributed by atoms with Crippen molar-refractivity contribution in [3.05, 3.63) is 31.4 Å². The van der Waals surface area contributed by atoms with Crippen molar-refractivity contribution in [3.63, 3.8) is 0 Å². The Morgan fingerprint density at radius 3 is 2.93 bits per heavy atom. The SMILES string of the molecule is C=CC(=O)OCCC(=O)n1ccnc1. The van der Waals surface area contributed by atoms with Gasteiger partial charge in [0.15, 0.2) is 0 Å². The summed E-state index contributed by atoms with van der Waals surface area (Å²) in [5.74, 6) is -0.692. The number of rotatable bonds is 4. The van der Waals surface area contributed by atoms with Crippen LogP contribution in [0.15, 0.2) is 31.4 Å². The lowest BCUT2D eigenvalue weighted by Crippen LogP contribution is -2.12. The van der Waals surface area contributed by atoms with E-state index in [1.807, 2.05) is 0 Å². The molecular formula is C9H10N2O3. The number of aromatic nitrogens is 2. The second kappa shape index (κ2) is 4.96. The minimum atomic E-state index is -0.525. The molecule has 0 saturated heterocycles. The monoisotopic (exact) mass is 194 g/mol. The normalized spacial score (nSPS) is 9.43. The van der Waals surface area contributed by atoms with Crippen molar-refractivity contribution >= 4 is 11.9 Å². The number of carbonyl (C=O) groups excluding carboxylic acids is 2. The number of imidazole rings is 1. The smallest absolute Gasteiger partial charge is 0.330 e. The van der Waals surface area contributed by atoms with Crippen LogP contribution in [0, 0.1) is 0 Å². The Hall–Kier alpha value is -1.91. The molecular weight excluding hydrogens is 184 g/mol. The quantitative estimate of drug-likeness (QED) is 0.521. The van der Waals surface area contributed by atoms with E-state index in [0.29, 0.717) is 0 Å². The maximum atomic E-state index is 11.3. The van der Waals surface area contributed by atoms with Crippen LogP contribution in [0.25, 0.3) is 0 Å². The van der Waals surface area contributed by atoms with Crippen molar-refractivity contribution in [3.8, 4) is 0 Å². The molecule has 14 heavy (non-hydrogen) atoms. The van der Waals surface area contributed by atoms with E-state index < -0.39 is 5.97 Å². The summed E-state index contributed by atoms with van der Waals surface area (Å²) >= 11 is 0. The lowest BCUT2D eigenvalue weighted by Gasteiger charge is -2.01. The van der Waals surface area contributed by atoms with Crippen LogP contribution in [0.1, 0.15) is 11.2 Å². The molecule has 0 aliphatic rings. The lowest BCUT2D eigenvalue weighted by atomic mass is 10.4. The average Bonchev–Trinajstić information content (AvgIpc) is 2.70. The zero-order valence-electron chi connectivity index (χ0n) is 7.55. The van der Waals surface area contributed by atoms with E-state index in [4.69, 9.17) is 0 Å². The zero-order valence-corrected chi connectivity index (χ0v) is 7.55. The van der Waals surface area contributed by atoms with E-state index in [1.165, 1.54) is 23.3 Å². The first-order valence-corrected chi connectivity index (χ1v) is 4.04. The first-order valence-electron chi connectivity index (χ1n) is 4.04. The first kappa shape index (κ1) is 10.2. The van der Waals surface area contributed by atoms with Gasteiger partial charge in [0.2, 0.25) is 5.91 Å². The molecule has 0 spiro atoms. The highest BCUT2D eigenvalue weighted by Gasteiger charge is 2.04. The maximum Gasteiger partial charge on any atom is 0.330 e. The van der Waals surface area contributed by atoms with Crippen LogP contribution in [0.4, 0.5) is 0 Å². The minimum absolute atomic E-state index is 0.0574. The molecule has 1 heterocycles. The number of ether oxygens (including phenoxy) is 1. The van der Waals surface area contributed by atoms with Gasteiger partial charge in [-0.2, -0.15) is 0 Å². The number of carbonyl (C=O) groups is 2. The number of hydrogen-bond acceptors (Lipinski definition) is 4. The van der Waals surface area contributed by atoms with Gasteiger partial charge in [0, 0.05) is 18.5 Å². The second-order valence-corrected chi connectivity index (χ2v) is 2.49. The first-order chi connectivity index (χ1) is 6.74. The molecule has 0 aliphatic heterocycles. The van der Waals surface area contributed by atoms with Crippen LogP contribution in [0.3, 0.4) is 0 Å². The molecule has 0 N–H and O–H groups in total. The van der Waals surface area contributed by atoms with Crippen LogP contribution in [-0.4, -0.2) is 28.0 Å². The predicted molar refractivity (Wildman–Crippen MR) is 48.6 cm³/mol. The number of nitrogens with zero attached hydrogens (tertiary/aromatic N) is 2. The Bertz CT molecular complexity index is 330. The third-order valence-electron chi connectivity index (χ3n) is 1.52. The van der Waals surface area contributed by atoms with Crippen molar-refractivity contribution in [2.75, 3.05) is 6.61 Å². The molecule has 1 rings (SSSR count). The summed E-state index contributed by atoms with van der Waals surface area (Å²) in [5.41, 5.74) is 0. The minimum Gasteiger partial charge on any atom is -0.462 e. The van der Waals surface area contributed by atoms with Gasteiger partial charge in [-0.3, -0.25) is 9.36 Å². The standard InChI is InChI=1S/C9H10N2O3/c1-2-9(13)14-6-3-8(12)11-5-4-10-7-11/h2,4-5,7H,1,3,6H2. The summed E-state index contributed by atoms with van der Waals surface area (Å²) in [6.45, 7) is 3.29. The van der Waals surface area contributed by atoms with Gasteiger partial charge in [-0.05, 0) is 0 Å². The fourth-order valence-corrected chi connectivity index (χ4v) is 0.834. The number of esters is 1. The van der Waals surface area contributed by atoms with Crippen molar-refractivity contribution < 1.29 is 14.3 Å². The molecule has 1 aromatic rings. The summed E-state index contributed by atoms with van der Waals surface area (Å²) in [7, 11) is 0. The maximum absolute atomic E-state index is 11.3. The molecule has 0 radical (unpaired) electrons. The van der Waals surface area contributed by atoms with E-state index in [2.05, 4.69) is 16.3 Å². The van der Waals surface area contributed by atoms with E-state index >= 15 is 0 Å². The van der Waals surface area contributed by atoms with E-state index in [9.17, 15) is 9.59 Å². The van der Waals surface area contributed by atoms with Crippen LogP contribution in [-0.2, 0) is 9.53 Å². The van der Waals surface area contributed by atoms with Crippen molar-refractivity contribution in [1.82, 2.24) is 9.55 Å². The largest absolute Gasteiger partial charge is 0.462 e. The molecule has 0 bridgehead atoms. The van der Waals surface area contributed by atoms with Crippen LogP contribution in [0.5, 0.6) is 0 Å². The second-order valence-electron chi connectivity index (χ2n) is 2.49. The van der Waals surface area contributed by atoms with Crippen LogP contribution in [0.2, 0.25) is 0 Å². The molecule has 0 amide bonds. The summed E-state index contributed by atoms with van der Waals surface area (Å²) < 4.78 is 5.98. The molecule has 0 saturated carbocycles. The zero-order chi connectivity index (χ0) is 10.4. The van der Waals surface area contributed by atoms with Crippen LogP contribution >= 0.6 is 0 Å². The Morgan fingerprint density at radius 1 is 1.57 bits per heavy atom. The highest BCUT2D eigenvalue weighted by Crippen LogP contribution is 1.92. The van der Waals surface area contributed by atoms with Crippen LogP contribution < -0.4 is 0 Å². The lowest BCUT2D eigenvalue weighted by molar-refractivity contribution is -0.137. The van der Waals surface area contributed by atoms with Crippen molar-refractivity contribution in [1.29, 1.82) is 0 Å². The molecule has 5 heteroatoms. The van der Waals surface area contributed by atoms with Crippen molar-refractivity contribution in [2.45, 2.75) is 6.42 Å². The van der Waals surface area contributed by atoms with Crippen molar-refractivity contribution in [2.24, 2.45) is 0 Å². The predicted octanol–water partition coefficient (Wildman–Crippen LogP) is 0.643. The fourth-order valence-electron chi connectivity index (χ4n) is 0.834. The van der Waals surface area contributed by atoms with Gasteiger partial charge in [0.25, 0.3) is 0 Å². The molecule has 0 fully saturated rings. The van der Waals surface area contributed by atoms with Gasteiger partial charge in [-0.25, -0.2) is 9.78 Å². The van der Waals surface area contributed by atoms with E-state index in [0.717, 1.165) is 6.08 Å². The molecule has 0 aromatic carbocycles. The highest BCUT2D eigenvalue weighted by atomic mass is 16.5. The molecule has 0 atom stereocenters. The Kier molecular flexibility index (Phi) is 3.60.